The predicted octanol–water partition coefficient (Wildman–Crippen LogP) is 1.92. The number of rotatable bonds is 5. The first-order chi connectivity index (χ1) is 13.8. The molecular formula is C20H19N3O5S. The van der Waals surface area contributed by atoms with Gasteiger partial charge in [-0.2, -0.15) is 0 Å². The second-order valence-electron chi connectivity index (χ2n) is 6.15. The van der Waals surface area contributed by atoms with Crippen LogP contribution in [0.25, 0.3) is 10.8 Å². The maximum atomic E-state index is 12.3. The van der Waals surface area contributed by atoms with E-state index in [-0.39, 0.29) is 28.3 Å². The third-order valence-electron chi connectivity index (χ3n) is 4.16. The molecule has 150 valence electrons. The highest BCUT2D eigenvalue weighted by atomic mass is 32.2. The van der Waals surface area contributed by atoms with Gasteiger partial charge in [-0.15, -0.1) is 0 Å². The second-order valence-corrected chi connectivity index (χ2v) is 7.92. The summed E-state index contributed by atoms with van der Waals surface area (Å²) >= 11 is 0. The van der Waals surface area contributed by atoms with Crippen LogP contribution in [0.5, 0.6) is 5.75 Å². The van der Waals surface area contributed by atoms with Gasteiger partial charge in [0.15, 0.2) is 0 Å². The van der Waals surface area contributed by atoms with Gasteiger partial charge in [0.25, 0.3) is 11.8 Å². The Labute approximate surface area is 167 Å². The smallest absolute Gasteiger partial charge is 0.273 e. The lowest BCUT2D eigenvalue weighted by atomic mass is 10.1. The molecule has 3 aromatic carbocycles. The van der Waals surface area contributed by atoms with Crippen LogP contribution >= 0.6 is 0 Å². The number of aromatic hydroxyl groups is 1. The first-order valence-electron chi connectivity index (χ1n) is 8.74. The lowest BCUT2D eigenvalue weighted by Gasteiger charge is -2.10. The highest BCUT2D eigenvalue weighted by Gasteiger charge is 2.16. The molecule has 0 fully saturated rings. The number of benzene rings is 3. The molecule has 0 saturated carbocycles. The Morgan fingerprint density at radius 1 is 0.897 bits per heavy atom. The molecule has 0 aliphatic heterocycles. The summed E-state index contributed by atoms with van der Waals surface area (Å²) in [4.78, 5) is 24.6. The maximum absolute atomic E-state index is 12.3. The zero-order chi connectivity index (χ0) is 21.0. The Hall–Kier alpha value is -3.43. The molecule has 29 heavy (non-hydrogen) atoms. The molecule has 0 saturated heterocycles. The summed E-state index contributed by atoms with van der Waals surface area (Å²) in [6, 6.07) is 15.5. The topological polar surface area (TPSA) is 125 Å². The van der Waals surface area contributed by atoms with Crippen molar-refractivity contribution in [3.63, 3.8) is 0 Å². The van der Waals surface area contributed by atoms with Gasteiger partial charge in [0.1, 0.15) is 5.75 Å². The third kappa shape index (κ3) is 4.53. The molecule has 0 aromatic heterocycles. The van der Waals surface area contributed by atoms with E-state index in [9.17, 15) is 23.1 Å². The fourth-order valence-electron chi connectivity index (χ4n) is 2.72. The minimum Gasteiger partial charge on any atom is -0.507 e. The molecule has 0 heterocycles. The summed E-state index contributed by atoms with van der Waals surface area (Å²) < 4.78 is 26.2. The van der Waals surface area contributed by atoms with Crippen LogP contribution < -0.4 is 15.6 Å². The third-order valence-corrected chi connectivity index (χ3v) is 5.72. The van der Waals surface area contributed by atoms with E-state index in [1.54, 1.807) is 19.1 Å². The summed E-state index contributed by atoms with van der Waals surface area (Å²) in [6.45, 7) is 1.91. The minimum absolute atomic E-state index is 0.0103. The molecule has 3 aromatic rings. The lowest BCUT2D eigenvalue weighted by Crippen LogP contribution is -2.41. The van der Waals surface area contributed by atoms with E-state index in [0.29, 0.717) is 0 Å². The number of carbonyl (C=O) groups excluding carboxylic acids is 2. The Bertz CT molecular complexity index is 1170. The molecular weight excluding hydrogens is 394 g/mol. The van der Waals surface area contributed by atoms with Crippen molar-refractivity contribution in [2.45, 2.75) is 11.8 Å². The monoisotopic (exact) mass is 413 g/mol. The van der Waals surface area contributed by atoms with E-state index in [1.165, 1.54) is 36.4 Å². The van der Waals surface area contributed by atoms with Gasteiger partial charge in [-0.3, -0.25) is 20.4 Å². The average Bonchev–Trinajstić information content (AvgIpc) is 2.71. The van der Waals surface area contributed by atoms with Gasteiger partial charge in [-0.25, -0.2) is 13.1 Å². The van der Waals surface area contributed by atoms with Crippen molar-refractivity contribution in [1.29, 1.82) is 0 Å². The number of phenolic OH excluding ortho intramolecular Hbond substituents is 1. The average molecular weight is 413 g/mol. The van der Waals surface area contributed by atoms with Crippen LogP contribution in [-0.2, 0) is 10.0 Å². The molecule has 2 amide bonds. The Balaban J connectivity index is 1.69. The number of hydrazine groups is 1. The molecule has 9 heteroatoms. The number of phenols is 1. The molecule has 0 radical (unpaired) electrons. The molecule has 4 N–H and O–H groups in total. The molecule has 0 aliphatic rings. The molecule has 3 rings (SSSR count). The largest absolute Gasteiger partial charge is 0.507 e. The Morgan fingerprint density at radius 3 is 2.10 bits per heavy atom. The molecule has 0 atom stereocenters. The number of carbonyl (C=O) groups is 2. The van der Waals surface area contributed by atoms with E-state index >= 15 is 0 Å². The summed E-state index contributed by atoms with van der Waals surface area (Å²) in [7, 11) is -3.62. The van der Waals surface area contributed by atoms with Crippen LogP contribution in [0.15, 0.2) is 65.6 Å². The summed E-state index contributed by atoms with van der Waals surface area (Å²) in [5.74, 6) is -1.53. The number of hydrogen-bond acceptors (Lipinski definition) is 5. The van der Waals surface area contributed by atoms with E-state index in [2.05, 4.69) is 15.6 Å². The number of sulfonamides is 1. The highest BCUT2D eigenvalue weighted by molar-refractivity contribution is 7.89. The molecule has 8 nitrogen and oxygen atoms in total. The van der Waals surface area contributed by atoms with Crippen molar-refractivity contribution in [2.75, 3.05) is 6.54 Å². The summed E-state index contributed by atoms with van der Waals surface area (Å²) in [6.07, 6.45) is 0. The van der Waals surface area contributed by atoms with Crippen LogP contribution in [0.4, 0.5) is 0 Å². The summed E-state index contributed by atoms with van der Waals surface area (Å²) in [5.41, 5.74) is 4.65. The Morgan fingerprint density at radius 2 is 1.48 bits per heavy atom. The Kier molecular flexibility index (Phi) is 5.81. The number of amides is 2. The lowest BCUT2D eigenvalue weighted by molar-refractivity contribution is 0.0845. The second kappa shape index (κ2) is 8.29. The standard InChI is InChI=1S/C20H19N3O5S/c1-2-21-29(27,28)16-9-7-13(8-10-16)19(25)22-23-20(26)17-11-14-5-3-4-6-15(14)12-18(17)24/h3-12,21,24H,2H2,1H3,(H,22,25)(H,23,26). The zero-order valence-corrected chi connectivity index (χ0v) is 16.3. The van der Waals surface area contributed by atoms with Gasteiger partial charge < -0.3 is 5.11 Å². The highest BCUT2D eigenvalue weighted by Crippen LogP contribution is 2.24. The van der Waals surface area contributed by atoms with Crippen LogP contribution in [0, 0.1) is 0 Å². The normalized spacial score (nSPS) is 11.2. The van der Waals surface area contributed by atoms with E-state index in [1.807, 2.05) is 12.1 Å². The molecule has 0 aliphatic carbocycles. The van der Waals surface area contributed by atoms with Gasteiger partial charge >= 0.3 is 0 Å². The van der Waals surface area contributed by atoms with Crippen molar-refractivity contribution in [3.05, 3.63) is 71.8 Å². The van der Waals surface area contributed by atoms with E-state index < -0.39 is 21.8 Å². The van der Waals surface area contributed by atoms with Crippen molar-refractivity contribution in [2.24, 2.45) is 0 Å². The van der Waals surface area contributed by atoms with Crippen LogP contribution in [0.3, 0.4) is 0 Å². The van der Waals surface area contributed by atoms with Gasteiger partial charge in [-0.05, 0) is 47.2 Å². The summed E-state index contributed by atoms with van der Waals surface area (Å²) in [5, 5.41) is 11.6. The first kappa shape index (κ1) is 20.3. The van der Waals surface area contributed by atoms with Crippen LogP contribution in [0.1, 0.15) is 27.6 Å². The molecule has 0 spiro atoms. The first-order valence-corrected chi connectivity index (χ1v) is 10.2. The predicted molar refractivity (Wildman–Crippen MR) is 108 cm³/mol. The maximum Gasteiger partial charge on any atom is 0.273 e. The molecule has 0 bridgehead atoms. The minimum atomic E-state index is -3.62. The SMILES string of the molecule is CCNS(=O)(=O)c1ccc(C(=O)NNC(=O)c2cc3ccccc3cc2O)cc1. The van der Waals surface area contributed by atoms with Gasteiger partial charge in [0, 0.05) is 12.1 Å². The fraction of sp³-hybridized carbons (Fsp3) is 0.100. The van der Waals surface area contributed by atoms with E-state index in [0.717, 1.165) is 10.8 Å². The van der Waals surface area contributed by atoms with Gasteiger partial charge in [-0.1, -0.05) is 31.2 Å². The zero-order valence-electron chi connectivity index (χ0n) is 15.5. The van der Waals surface area contributed by atoms with Crippen molar-refractivity contribution in [3.8, 4) is 5.75 Å². The number of nitrogens with one attached hydrogen (secondary N) is 3. The van der Waals surface area contributed by atoms with Gasteiger partial charge in [0.05, 0.1) is 10.5 Å². The van der Waals surface area contributed by atoms with Gasteiger partial charge in [0.2, 0.25) is 10.0 Å². The fourth-order valence-corrected chi connectivity index (χ4v) is 3.76. The van der Waals surface area contributed by atoms with Crippen LogP contribution in [-0.4, -0.2) is 31.9 Å². The van der Waals surface area contributed by atoms with Crippen molar-refractivity contribution >= 4 is 32.6 Å². The van der Waals surface area contributed by atoms with Crippen molar-refractivity contribution < 1.29 is 23.1 Å². The van der Waals surface area contributed by atoms with E-state index in [4.69, 9.17) is 0 Å². The quantitative estimate of drug-likeness (QED) is 0.476. The molecule has 0 unspecified atom stereocenters. The van der Waals surface area contributed by atoms with Crippen molar-refractivity contribution in [1.82, 2.24) is 15.6 Å². The number of hydrogen-bond donors (Lipinski definition) is 4. The van der Waals surface area contributed by atoms with Crippen LogP contribution in [0.2, 0.25) is 0 Å². The number of fused-ring (bicyclic) bond motifs is 1.